The number of halogens is 1. The van der Waals surface area contributed by atoms with E-state index in [1.54, 1.807) is 18.4 Å². The number of aromatic carboxylic acids is 1. The molecule has 0 saturated carbocycles. The van der Waals surface area contributed by atoms with Gasteiger partial charge in [0.25, 0.3) is 5.91 Å². The molecule has 2 rings (SSSR count). The molecular formula is C12H9ClN2O3S. The zero-order valence-corrected chi connectivity index (χ0v) is 11.4. The summed E-state index contributed by atoms with van der Waals surface area (Å²) in [6.07, 6.45) is 0. The number of pyridine rings is 1. The van der Waals surface area contributed by atoms with Crippen LogP contribution in [-0.4, -0.2) is 22.0 Å². The third kappa shape index (κ3) is 3.10. The standard InChI is InChI=1S/C12H9ClN2O3S/c1-6-4-7(5-9(13)14-6)10(16)15-11-8(12(17)18)2-3-19-11/h2-5H,1H3,(H,15,16)(H,17,18). The molecular weight excluding hydrogens is 288 g/mol. The molecule has 98 valence electrons. The summed E-state index contributed by atoms with van der Waals surface area (Å²) >= 11 is 6.92. The monoisotopic (exact) mass is 296 g/mol. The second-order valence-corrected chi connectivity index (χ2v) is 5.05. The summed E-state index contributed by atoms with van der Waals surface area (Å²) < 4.78 is 0. The van der Waals surface area contributed by atoms with Crippen molar-refractivity contribution in [2.75, 3.05) is 5.32 Å². The fraction of sp³-hybridized carbons (Fsp3) is 0.0833. The molecule has 0 aliphatic heterocycles. The van der Waals surface area contributed by atoms with Crippen molar-refractivity contribution in [2.24, 2.45) is 0 Å². The van der Waals surface area contributed by atoms with Gasteiger partial charge in [-0.15, -0.1) is 11.3 Å². The predicted octanol–water partition coefficient (Wildman–Crippen LogP) is 3.06. The second-order valence-electron chi connectivity index (χ2n) is 3.74. The van der Waals surface area contributed by atoms with Gasteiger partial charge in [0.05, 0.1) is 5.56 Å². The summed E-state index contributed by atoms with van der Waals surface area (Å²) in [6.45, 7) is 1.72. The number of anilines is 1. The van der Waals surface area contributed by atoms with Crippen LogP contribution in [0.1, 0.15) is 26.4 Å². The van der Waals surface area contributed by atoms with Crippen LogP contribution in [0.2, 0.25) is 5.15 Å². The van der Waals surface area contributed by atoms with Crippen LogP contribution in [0.3, 0.4) is 0 Å². The van der Waals surface area contributed by atoms with Crippen LogP contribution in [0.25, 0.3) is 0 Å². The molecule has 0 unspecified atom stereocenters. The van der Waals surface area contributed by atoms with Crippen LogP contribution < -0.4 is 5.32 Å². The van der Waals surface area contributed by atoms with Crippen LogP contribution in [0, 0.1) is 6.92 Å². The summed E-state index contributed by atoms with van der Waals surface area (Å²) in [5.41, 5.74) is 1.01. The first kappa shape index (κ1) is 13.5. The number of thiophene rings is 1. The number of nitrogens with one attached hydrogen (secondary N) is 1. The number of hydrogen-bond donors (Lipinski definition) is 2. The highest BCUT2D eigenvalue weighted by Crippen LogP contribution is 2.24. The zero-order valence-electron chi connectivity index (χ0n) is 9.81. The van der Waals surface area contributed by atoms with E-state index < -0.39 is 11.9 Å². The molecule has 2 heterocycles. The van der Waals surface area contributed by atoms with E-state index in [1.807, 2.05) is 0 Å². The molecule has 0 aromatic carbocycles. The molecule has 2 N–H and O–H groups in total. The van der Waals surface area contributed by atoms with Gasteiger partial charge >= 0.3 is 5.97 Å². The Morgan fingerprint density at radius 1 is 1.42 bits per heavy atom. The van der Waals surface area contributed by atoms with Crippen LogP contribution in [0.4, 0.5) is 5.00 Å². The molecule has 0 bridgehead atoms. The summed E-state index contributed by atoms with van der Waals surface area (Å²) in [5.74, 6) is -1.50. The van der Waals surface area contributed by atoms with Crippen LogP contribution >= 0.6 is 22.9 Å². The Bertz CT molecular complexity index is 634. The van der Waals surface area contributed by atoms with Crippen molar-refractivity contribution in [3.63, 3.8) is 0 Å². The van der Waals surface area contributed by atoms with Gasteiger partial charge in [0.15, 0.2) is 0 Å². The Kier molecular flexibility index (Phi) is 3.82. The normalized spacial score (nSPS) is 10.2. The van der Waals surface area contributed by atoms with Crippen molar-refractivity contribution in [1.82, 2.24) is 4.98 Å². The molecule has 1 amide bonds. The highest BCUT2D eigenvalue weighted by Gasteiger charge is 2.15. The Morgan fingerprint density at radius 3 is 2.79 bits per heavy atom. The first-order chi connectivity index (χ1) is 8.97. The van der Waals surface area contributed by atoms with Gasteiger partial charge in [0.2, 0.25) is 0 Å². The number of aryl methyl sites for hydroxylation is 1. The number of carboxylic acids is 1. The van der Waals surface area contributed by atoms with E-state index in [2.05, 4.69) is 10.3 Å². The molecule has 0 saturated heterocycles. The van der Waals surface area contributed by atoms with Gasteiger partial charge in [0.1, 0.15) is 10.2 Å². The summed E-state index contributed by atoms with van der Waals surface area (Å²) in [4.78, 5) is 26.9. The van der Waals surface area contributed by atoms with Gasteiger partial charge in [-0.05, 0) is 30.5 Å². The number of carbonyl (C=O) groups excluding carboxylic acids is 1. The molecule has 0 fully saturated rings. The van der Waals surface area contributed by atoms with Gasteiger partial charge in [-0.1, -0.05) is 11.6 Å². The zero-order chi connectivity index (χ0) is 14.0. The number of carboxylic acid groups (broad SMARTS) is 1. The average Bonchev–Trinajstić information content (AvgIpc) is 2.75. The van der Waals surface area contributed by atoms with Crippen molar-refractivity contribution in [2.45, 2.75) is 6.92 Å². The van der Waals surface area contributed by atoms with Gasteiger partial charge in [0, 0.05) is 11.3 Å². The third-order valence-electron chi connectivity index (χ3n) is 2.31. The Labute approximate surface area is 117 Å². The van der Waals surface area contributed by atoms with Crippen molar-refractivity contribution >= 4 is 39.8 Å². The van der Waals surface area contributed by atoms with E-state index in [0.717, 1.165) is 11.3 Å². The van der Waals surface area contributed by atoms with Gasteiger partial charge < -0.3 is 10.4 Å². The topological polar surface area (TPSA) is 79.3 Å². The minimum Gasteiger partial charge on any atom is -0.478 e. The molecule has 0 aliphatic rings. The maximum Gasteiger partial charge on any atom is 0.338 e. The van der Waals surface area contributed by atoms with Crippen LogP contribution in [0.15, 0.2) is 23.6 Å². The SMILES string of the molecule is Cc1cc(C(=O)Nc2sccc2C(=O)O)cc(Cl)n1. The fourth-order valence-electron chi connectivity index (χ4n) is 1.51. The predicted molar refractivity (Wildman–Crippen MR) is 73.2 cm³/mol. The molecule has 5 nitrogen and oxygen atoms in total. The van der Waals surface area contributed by atoms with E-state index in [9.17, 15) is 9.59 Å². The largest absolute Gasteiger partial charge is 0.478 e. The first-order valence-electron chi connectivity index (χ1n) is 5.23. The third-order valence-corrected chi connectivity index (χ3v) is 3.33. The Morgan fingerprint density at radius 2 is 2.16 bits per heavy atom. The van der Waals surface area contributed by atoms with Crippen molar-refractivity contribution in [3.8, 4) is 0 Å². The van der Waals surface area contributed by atoms with Crippen LogP contribution in [-0.2, 0) is 0 Å². The van der Waals surface area contributed by atoms with Gasteiger partial charge in [-0.2, -0.15) is 0 Å². The molecule has 2 aromatic rings. The van der Waals surface area contributed by atoms with E-state index in [0.29, 0.717) is 16.3 Å². The lowest BCUT2D eigenvalue weighted by Gasteiger charge is -2.05. The summed E-state index contributed by atoms with van der Waals surface area (Å²) in [5, 5.41) is 13.6. The number of hydrogen-bond acceptors (Lipinski definition) is 4. The number of aromatic nitrogens is 1. The first-order valence-corrected chi connectivity index (χ1v) is 6.49. The maximum atomic E-state index is 12.0. The highest BCUT2D eigenvalue weighted by atomic mass is 35.5. The Balaban J connectivity index is 2.25. The van der Waals surface area contributed by atoms with Crippen LogP contribution in [0.5, 0.6) is 0 Å². The van der Waals surface area contributed by atoms with E-state index in [-0.39, 0.29) is 10.7 Å². The molecule has 0 radical (unpaired) electrons. The average molecular weight is 297 g/mol. The quantitative estimate of drug-likeness (QED) is 0.853. The van der Waals surface area contributed by atoms with Gasteiger partial charge in [-0.25, -0.2) is 9.78 Å². The maximum absolute atomic E-state index is 12.0. The van der Waals surface area contributed by atoms with E-state index in [4.69, 9.17) is 16.7 Å². The van der Waals surface area contributed by atoms with Crippen molar-refractivity contribution in [1.29, 1.82) is 0 Å². The summed E-state index contributed by atoms with van der Waals surface area (Å²) in [6, 6.07) is 4.45. The number of carbonyl (C=O) groups is 2. The van der Waals surface area contributed by atoms with Crippen molar-refractivity contribution in [3.05, 3.63) is 45.6 Å². The molecule has 0 atom stereocenters. The van der Waals surface area contributed by atoms with Gasteiger partial charge in [-0.3, -0.25) is 4.79 Å². The van der Waals surface area contributed by atoms with E-state index >= 15 is 0 Å². The lowest BCUT2D eigenvalue weighted by molar-refractivity contribution is 0.0698. The number of amides is 1. The molecule has 19 heavy (non-hydrogen) atoms. The smallest absolute Gasteiger partial charge is 0.338 e. The number of rotatable bonds is 3. The van der Waals surface area contributed by atoms with E-state index in [1.165, 1.54) is 12.1 Å². The minimum atomic E-state index is -1.08. The summed E-state index contributed by atoms with van der Waals surface area (Å²) in [7, 11) is 0. The second kappa shape index (κ2) is 5.38. The fourth-order valence-corrected chi connectivity index (χ4v) is 2.53. The molecule has 2 aromatic heterocycles. The Hall–Kier alpha value is -1.92. The molecule has 7 heteroatoms. The molecule has 0 aliphatic carbocycles. The minimum absolute atomic E-state index is 0.0650. The van der Waals surface area contributed by atoms with Crippen molar-refractivity contribution < 1.29 is 14.7 Å². The lowest BCUT2D eigenvalue weighted by atomic mass is 10.2. The lowest BCUT2D eigenvalue weighted by Crippen LogP contribution is -2.13. The number of nitrogens with zero attached hydrogens (tertiary/aromatic N) is 1. The highest BCUT2D eigenvalue weighted by molar-refractivity contribution is 7.14. The molecule has 0 spiro atoms.